The molecule has 1 aliphatic rings. The highest BCUT2D eigenvalue weighted by Gasteiger charge is 2.51. The molecule has 1 fully saturated rings. The maximum atomic E-state index is 6.33. The second kappa shape index (κ2) is 20.3. The Morgan fingerprint density at radius 2 is 0.965 bits per heavy atom. The lowest BCUT2D eigenvalue weighted by atomic mass is 9.79. The minimum atomic E-state index is -0.392. The summed E-state index contributed by atoms with van der Waals surface area (Å²) >= 11 is 6.04. The third-order valence-electron chi connectivity index (χ3n) is 9.83. The average Bonchev–Trinajstić information content (AvgIpc) is 3.82. The molecule has 0 saturated carbocycles. The zero-order valence-corrected chi connectivity index (χ0v) is 42.6. The van der Waals surface area contributed by atoms with Crippen molar-refractivity contribution < 1.29 is 18.1 Å². The number of rotatable bonds is 4. The Bertz CT molecular complexity index is 2560. The molecule has 8 aromatic rings. The Morgan fingerprint density at radius 3 is 1.40 bits per heavy atom. The van der Waals surface area contributed by atoms with Crippen molar-refractivity contribution >= 4 is 144 Å². The lowest BCUT2D eigenvalue weighted by Crippen LogP contribution is -2.41. The molecule has 0 bridgehead atoms. The third kappa shape index (κ3) is 11.1. The van der Waals surface area contributed by atoms with Gasteiger partial charge in [-0.15, -0.1) is 53.6 Å². The van der Waals surface area contributed by atoms with Crippen molar-refractivity contribution in [1.82, 2.24) is 0 Å². The average molecular weight is 941 g/mol. The van der Waals surface area contributed by atoms with Crippen LogP contribution in [0.1, 0.15) is 27.7 Å². The fourth-order valence-corrected chi connectivity index (χ4v) is 6.56. The summed E-state index contributed by atoms with van der Waals surface area (Å²) in [5.74, 6) is 0. The van der Waals surface area contributed by atoms with E-state index < -0.39 is 7.12 Å². The number of para-hydroxylation sites is 2. The SMILES string of the molecule is CC1(C)OB(c2ccc3c(c2)oc2c(-c4ccccc4)cccc23)OC1(C)C.Clc1ccc2c(c1)oc1c(-c3ccccc3)cccc12.PP(P)P.PPP(P)P. The van der Waals surface area contributed by atoms with Crippen LogP contribution in [-0.2, 0) is 9.31 Å². The topological polar surface area (TPSA) is 44.7 Å². The van der Waals surface area contributed by atoms with E-state index in [1.807, 2.05) is 60.7 Å². The van der Waals surface area contributed by atoms with E-state index in [0.717, 1.165) is 79.6 Å². The number of furan rings is 2. The van der Waals surface area contributed by atoms with Gasteiger partial charge in [0.2, 0.25) is 0 Å². The van der Waals surface area contributed by atoms with Gasteiger partial charge in [-0.2, -0.15) is 0 Å². The smallest absolute Gasteiger partial charge is 0.455 e. The summed E-state index contributed by atoms with van der Waals surface area (Å²) in [6, 6.07) is 45.2. The fourth-order valence-electron chi connectivity index (χ4n) is 6.40. The molecule has 294 valence electrons. The zero-order valence-electron chi connectivity index (χ0n) is 32.1. The molecule has 7 atom stereocenters. The highest BCUT2D eigenvalue weighted by molar-refractivity contribution is 8.77. The number of fused-ring (bicyclic) bond motifs is 6. The standard InChI is InChI=1S/C24H23BO3.C18H11ClO.H7P5.H6P4/c1-23(2)24(3,4)28-25(27-23)17-13-14-19-20-12-8-11-18(16-9-6-5-7-10-16)22(20)26-21(19)15-17;19-13-9-10-15-16-8-4-7-14(12-5-2-1-3-6-12)18(16)20-17(15)11-13;1-4-5(2)3;1-4(2)3/h5-15H,1-4H3;1-11H;4H,1-3H2;1-3H2. The molecule has 57 heavy (non-hydrogen) atoms. The molecule has 4 nitrogen and oxygen atoms in total. The fraction of sp³-hybridized carbons (Fsp3) is 0.143. The summed E-state index contributed by atoms with van der Waals surface area (Å²) in [5, 5.41) is 5.14. The van der Waals surface area contributed by atoms with Gasteiger partial charge in [0, 0.05) is 43.8 Å². The van der Waals surface area contributed by atoms with Crippen LogP contribution >= 0.6 is 87.1 Å². The zero-order chi connectivity index (χ0) is 40.9. The number of benzene rings is 6. The number of hydrogen-bond acceptors (Lipinski definition) is 4. The second-order valence-corrected chi connectivity index (χ2v) is 40.3. The molecular weight excluding hydrogens is 893 g/mol. The van der Waals surface area contributed by atoms with Crippen molar-refractivity contribution in [3.8, 4) is 22.3 Å². The molecule has 1 saturated heterocycles. The summed E-state index contributed by atoms with van der Waals surface area (Å²) in [4.78, 5) is 0. The van der Waals surface area contributed by atoms with E-state index in [-0.39, 0.29) is 25.2 Å². The first-order valence-electron chi connectivity index (χ1n) is 18.0. The van der Waals surface area contributed by atoms with E-state index in [4.69, 9.17) is 29.7 Å². The molecule has 7 unspecified atom stereocenters. The normalized spacial score (nSPS) is 14.6. The van der Waals surface area contributed by atoms with Crippen LogP contribution in [0.2, 0.25) is 5.02 Å². The van der Waals surface area contributed by atoms with E-state index in [1.165, 1.54) is 0 Å². The summed E-state index contributed by atoms with van der Waals surface area (Å²) in [7, 11) is 16.8. The van der Waals surface area contributed by atoms with E-state index in [2.05, 4.69) is 154 Å². The highest BCUT2D eigenvalue weighted by Crippen LogP contribution is 2.71. The Hall–Kier alpha value is -0.935. The van der Waals surface area contributed by atoms with Crippen LogP contribution in [0.3, 0.4) is 0 Å². The van der Waals surface area contributed by atoms with Gasteiger partial charge in [0.05, 0.1) is 11.2 Å². The number of halogens is 1. The largest absolute Gasteiger partial charge is 0.494 e. The van der Waals surface area contributed by atoms with Crippen molar-refractivity contribution in [2.75, 3.05) is 0 Å². The van der Waals surface area contributed by atoms with Gasteiger partial charge < -0.3 is 18.1 Å². The van der Waals surface area contributed by atoms with Gasteiger partial charge in [0.15, 0.2) is 0 Å². The minimum absolute atomic E-state index is 0.130. The quantitative estimate of drug-likeness (QED) is 0.130. The molecule has 0 radical (unpaired) electrons. The van der Waals surface area contributed by atoms with Crippen LogP contribution in [0.4, 0.5) is 0 Å². The van der Waals surface area contributed by atoms with Gasteiger partial charge in [-0.3, -0.25) is 0 Å². The van der Waals surface area contributed by atoms with Crippen molar-refractivity contribution in [2.24, 2.45) is 0 Å². The molecule has 6 aromatic carbocycles. The van der Waals surface area contributed by atoms with Gasteiger partial charge in [-0.25, -0.2) is 0 Å². The summed E-state index contributed by atoms with van der Waals surface area (Å²) in [6.45, 7) is 8.63. The Balaban J connectivity index is 0.000000165. The first kappa shape index (κ1) is 45.6. The van der Waals surface area contributed by atoms with Gasteiger partial charge >= 0.3 is 7.12 Å². The van der Waals surface area contributed by atoms with E-state index in [1.54, 1.807) is 0 Å². The van der Waals surface area contributed by atoms with E-state index in [9.17, 15) is 0 Å². The van der Waals surface area contributed by atoms with Crippen LogP contribution in [-0.4, -0.2) is 18.3 Å². The van der Waals surface area contributed by atoms with E-state index in [0.29, 0.717) is 5.02 Å². The molecule has 0 spiro atoms. The minimum Gasteiger partial charge on any atom is -0.455 e. The van der Waals surface area contributed by atoms with Crippen molar-refractivity contribution in [3.05, 3.63) is 138 Å². The lowest BCUT2D eigenvalue weighted by Gasteiger charge is -2.32. The van der Waals surface area contributed by atoms with Crippen LogP contribution in [0, 0.1) is 0 Å². The second-order valence-electron chi connectivity index (χ2n) is 14.3. The van der Waals surface area contributed by atoms with Gasteiger partial charge in [0.1, 0.15) is 22.3 Å². The highest BCUT2D eigenvalue weighted by atomic mass is 35.5. The number of hydrogen-bond donors (Lipinski definition) is 0. The Labute approximate surface area is 359 Å². The summed E-state index contributed by atoms with van der Waals surface area (Å²) in [5.41, 5.74) is 8.28. The molecular formula is C42H47BClO4P9. The predicted molar refractivity (Wildman–Crippen MR) is 279 cm³/mol. The summed E-state index contributed by atoms with van der Waals surface area (Å²) < 4.78 is 24.8. The maximum absolute atomic E-state index is 6.33. The molecule has 15 heteroatoms. The lowest BCUT2D eigenvalue weighted by molar-refractivity contribution is 0.00578. The van der Waals surface area contributed by atoms with E-state index >= 15 is 0 Å². The molecule has 0 N–H and O–H groups in total. The molecule has 1 aliphatic heterocycles. The first-order valence-corrected chi connectivity index (χ1v) is 32.8. The molecule has 0 aliphatic carbocycles. The first-order chi connectivity index (χ1) is 27.2. The van der Waals surface area contributed by atoms with Gasteiger partial charge in [-0.05, 0) is 76.5 Å². The van der Waals surface area contributed by atoms with Crippen LogP contribution in [0.25, 0.3) is 66.1 Å². The molecule has 9 rings (SSSR count). The Morgan fingerprint density at radius 1 is 0.544 bits per heavy atom. The maximum Gasteiger partial charge on any atom is 0.494 e. The summed E-state index contributed by atoms with van der Waals surface area (Å²) in [6.07, 6.45) is 0. The van der Waals surface area contributed by atoms with Crippen LogP contribution < -0.4 is 5.46 Å². The van der Waals surface area contributed by atoms with Crippen LogP contribution in [0.5, 0.6) is 0 Å². The van der Waals surface area contributed by atoms with Crippen LogP contribution in [0.15, 0.2) is 142 Å². The van der Waals surface area contributed by atoms with Crippen molar-refractivity contribution in [1.29, 1.82) is 0 Å². The third-order valence-corrected chi connectivity index (χ3v) is 22.0. The van der Waals surface area contributed by atoms with Crippen molar-refractivity contribution in [2.45, 2.75) is 38.9 Å². The molecule has 2 aromatic heterocycles. The molecule has 3 heterocycles. The van der Waals surface area contributed by atoms with Gasteiger partial charge in [0.25, 0.3) is 0 Å². The Kier molecular flexibility index (Phi) is 16.2. The molecule has 0 amide bonds. The monoisotopic (exact) mass is 940 g/mol. The van der Waals surface area contributed by atoms with Crippen molar-refractivity contribution in [3.63, 3.8) is 0 Å². The predicted octanol–water partition coefficient (Wildman–Crippen LogP) is 15.7. The van der Waals surface area contributed by atoms with Gasteiger partial charge in [-0.1, -0.05) is 129 Å².